The molecular weight excluding hydrogens is 637 g/mol. The number of nitrogens with one attached hydrogen (secondary N) is 3. The third-order valence-corrected chi connectivity index (χ3v) is 10.3. The smallest absolute Gasteiger partial charge is 0.475 e. The summed E-state index contributed by atoms with van der Waals surface area (Å²) in [5.74, 6) is -2.82. The second-order valence-electron chi connectivity index (χ2n) is 10.6. The number of carbonyl (C=O) groups is 2. The molecule has 16 heteroatoms. The number of hydrogen-bond acceptors (Lipinski definition) is 7. The van der Waals surface area contributed by atoms with Crippen LogP contribution in [0, 0.1) is 20.8 Å². The Balaban J connectivity index is 0.000000591. The van der Waals surface area contributed by atoms with Crippen LogP contribution in [-0.2, 0) is 36.1 Å². The Morgan fingerprint density at radius 2 is 1.69 bits per heavy atom. The molecule has 5 rings (SSSR count). The summed E-state index contributed by atoms with van der Waals surface area (Å²) in [5.41, 5.74) is 5.70. The molecule has 2 atom stereocenters. The average molecular weight is 667 g/mol. The van der Waals surface area contributed by atoms with E-state index >= 15 is 0 Å². The highest BCUT2D eigenvalue weighted by molar-refractivity contribution is 7.90. The number of carbonyl (C=O) groups excluding carboxylic acids is 1. The van der Waals surface area contributed by atoms with Crippen molar-refractivity contribution in [3.8, 4) is 0 Å². The fraction of sp³-hybridized carbons (Fsp3) is 0.276. The lowest BCUT2D eigenvalue weighted by molar-refractivity contribution is -0.192. The number of carboxylic acid groups (broad SMARTS) is 1. The maximum absolute atomic E-state index is 13.4. The summed E-state index contributed by atoms with van der Waals surface area (Å²) in [5, 5.41) is 6.18. The Morgan fingerprint density at radius 3 is 2.24 bits per heavy atom. The number of nitrogens with zero attached hydrogens (tertiary/aromatic N) is 1. The first-order valence-corrected chi connectivity index (χ1v) is 16.4. The summed E-state index contributed by atoms with van der Waals surface area (Å²) in [7, 11) is -7.64. The van der Waals surface area contributed by atoms with Crippen LogP contribution >= 0.6 is 0 Å². The SMILES string of the molecule is Cc1ccc2nc([C@H](Cc3ccc(C4CC(=O)NS4(=O)=O)cc3)NS(=O)(=O)c3ccc(C)c(C)c3)[nH]c2c1.O=C(O)C(F)(F)F. The number of halogens is 3. The van der Waals surface area contributed by atoms with Crippen LogP contribution in [-0.4, -0.2) is 50.0 Å². The van der Waals surface area contributed by atoms with E-state index in [9.17, 15) is 34.8 Å². The molecular formula is C29H29F3N4O7S2. The number of carboxylic acids is 1. The van der Waals surface area contributed by atoms with Crippen molar-refractivity contribution in [3.63, 3.8) is 0 Å². The molecule has 0 bridgehead atoms. The van der Waals surface area contributed by atoms with Gasteiger partial charge in [0.05, 0.1) is 28.4 Å². The molecule has 0 saturated carbocycles. The lowest BCUT2D eigenvalue weighted by Gasteiger charge is -2.18. The van der Waals surface area contributed by atoms with E-state index < -0.39 is 49.4 Å². The number of H-pyrrole nitrogens is 1. The number of aryl methyl sites for hydroxylation is 3. The molecule has 0 aliphatic carbocycles. The van der Waals surface area contributed by atoms with Crippen molar-refractivity contribution in [2.45, 2.75) is 56.0 Å². The Bertz CT molecular complexity index is 1970. The van der Waals surface area contributed by atoms with Gasteiger partial charge in [0.2, 0.25) is 26.0 Å². The normalized spacial score (nSPS) is 16.9. The van der Waals surface area contributed by atoms with E-state index in [0.717, 1.165) is 33.3 Å². The van der Waals surface area contributed by atoms with E-state index in [4.69, 9.17) is 9.90 Å². The number of alkyl halides is 3. The number of amides is 1. The zero-order chi connectivity index (χ0) is 33.3. The zero-order valence-corrected chi connectivity index (χ0v) is 25.8. The fourth-order valence-electron chi connectivity index (χ4n) is 4.59. The Morgan fingerprint density at radius 1 is 1.04 bits per heavy atom. The molecule has 0 spiro atoms. The van der Waals surface area contributed by atoms with Gasteiger partial charge in [-0.3, -0.25) is 9.52 Å². The molecule has 1 aliphatic heterocycles. The van der Waals surface area contributed by atoms with E-state index in [-0.39, 0.29) is 17.7 Å². The van der Waals surface area contributed by atoms with Crippen LogP contribution in [0.4, 0.5) is 13.2 Å². The average Bonchev–Trinajstić information content (AvgIpc) is 3.48. The van der Waals surface area contributed by atoms with Gasteiger partial charge in [-0.25, -0.2) is 31.3 Å². The zero-order valence-electron chi connectivity index (χ0n) is 24.1. The van der Waals surface area contributed by atoms with Gasteiger partial charge >= 0.3 is 12.1 Å². The van der Waals surface area contributed by atoms with E-state index in [1.54, 1.807) is 42.5 Å². The van der Waals surface area contributed by atoms with E-state index in [2.05, 4.69) is 14.7 Å². The topological polar surface area (TPSA) is 175 Å². The van der Waals surface area contributed by atoms with Crippen LogP contribution in [0.1, 0.15) is 51.4 Å². The van der Waals surface area contributed by atoms with Crippen LogP contribution < -0.4 is 9.44 Å². The van der Waals surface area contributed by atoms with Crippen LogP contribution in [0.15, 0.2) is 65.6 Å². The van der Waals surface area contributed by atoms with Crippen LogP contribution in [0.3, 0.4) is 0 Å². The maximum atomic E-state index is 13.4. The van der Waals surface area contributed by atoms with Crippen LogP contribution in [0.5, 0.6) is 0 Å². The van der Waals surface area contributed by atoms with Crippen molar-refractivity contribution >= 4 is 43.0 Å². The number of benzene rings is 3. The van der Waals surface area contributed by atoms with Gasteiger partial charge < -0.3 is 10.1 Å². The quantitative estimate of drug-likeness (QED) is 0.226. The number of fused-ring (bicyclic) bond motifs is 1. The number of aromatic amines is 1. The third kappa shape index (κ3) is 8.06. The highest BCUT2D eigenvalue weighted by Crippen LogP contribution is 2.31. The minimum atomic E-state index is -5.08. The molecule has 3 aromatic carbocycles. The first kappa shape index (κ1) is 33.6. The molecule has 240 valence electrons. The van der Waals surface area contributed by atoms with Gasteiger partial charge in [-0.15, -0.1) is 0 Å². The highest BCUT2D eigenvalue weighted by atomic mass is 32.2. The van der Waals surface area contributed by atoms with Gasteiger partial charge in [-0.1, -0.05) is 36.4 Å². The second kappa shape index (κ2) is 12.6. The molecule has 4 aromatic rings. The minimum absolute atomic E-state index is 0.127. The number of hydrogen-bond donors (Lipinski definition) is 4. The second-order valence-corrected chi connectivity index (χ2v) is 14.2. The lowest BCUT2D eigenvalue weighted by atomic mass is 10.0. The van der Waals surface area contributed by atoms with Crippen molar-refractivity contribution in [3.05, 3.63) is 94.3 Å². The Kier molecular flexibility index (Phi) is 9.42. The van der Waals surface area contributed by atoms with Gasteiger partial charge in [0.1, 0.15) is 11.1 Å². The number of imidazole rings is 1. The Hall–Kier alpha value is -4.28. The van der Waals surface area contributed by atoms with Crippen molar-refractivity contribution in [2.75, 3.05) is 0 Å². The number of aromatic nitrogens is 2. The van der Waals surface area contributed by atoms with Gasteiger partial charge in [0.15, 0.2) is 0 Å². The summed E-state index contributed by atoms with van der Waals surface area (Å²) in [4.78, 5) is 28.6. The number of sulfonamides is 2. The lowest BCUT2D eigenvalue weighted by Crippen LogP contribution is -2.31. The minimum Gasteiger partial charge on any atom is -0.475 e. The molecule has 11 nitrogen and oxygen atoms in total. The maximum Gasteiger partial charge on any atom is 0.490 e. The monoisotopic (exact) mass is 666 g/mol. The van der Waals surface area contributed by atoms with Crippen LogP contribution in [0.2, 0.25) is 0 Å². The van der Waals surface area contributed by atoms with Crippen molar-refractivity contribution in [2.24, 2.45) is 0 Å². The van der Waals surface area contributed by atoms with Gasteiger partial charge in [0, 0.05) is 0 Å². The van der Waals surface area contributed by atoms with Crippen LogP contribution in [0.25, 0.3) is 11.0 Å². The summed E-state index contributed by atoms with van der Waals surface area (Å²) < 4.78 is 87.9. The molecule has 4 N–H and O–H groups in total. The molecule has 1 aromatic heterocycles. The van der Waals surface area contributed by atoms with Crippen molar-refractivity contribution in [1.82, 2.24) is 19.4 Å². The molecule has 1 saturated heterocycles. The van der Waals surface area contributed by atoms with Gasteiger partial charge in [0.25, 0.3) is 0 Å². The van der Waals surface area contributed by atoms with Gasteiger partial charge in [-0.2, -0.15) is 13.2 Å². The third-order valence-electron chi connectivity index (χ3n) is 7.11. The van der Waals surface area contributed by atoms with E-state index in [1.165, 1.54) is 0 Å². The summed E-state index contributed by atoms with van der Waals surface area (Å²) in [6.45, 7) is 5.75. The van der Waals surface area contributed by atoms with Crippen molar-refractivity contribution < 1.29 is 44.7 Å². The molecule has 1 unspecified atom stereocenters. The first-order chi connectivity index (χ1) is 20.9. The standard InChI is InChI=1S/C27H28N4O5S2.C2HF3O2/c1-16-4-11-22-23(12-16)29-27(28-22)24(30-37(33,34)21-10-5-17(2)18(3)13-21)14-19-6-8-20(9-7-19)25-15-26(32)31-38(25,35)36;3-2(4,5)1(6)7/h4-13,24-25,30H,14-15H2,1-3H3,(H,28,29)(H,31,32);(H,6,7)/t24-,25?;/m0./s1. The molecule has 1 amide bonds. The first-order valence-electron chi connectivity index (χ1n) is 13.3. The summed E-state index contributed by atoms with van der Waals surface area (Å²) >= 11 is 0. The van der Waals surface area contributed by atoms with Gasteiger partial charge in [-0.05, 0) is 79.3 Å². The Labute approximate surface area is 257 Å². The molecule has 0 radical (unpaired) electrons. The number of aliphatic carboxylic acids is 1. The highest BCUT2D eigenvalue weighted by Gasteiger charge is 2.38. The fourth-order valence-corrected chi connectivity index (χ4v) is 7.30. The predicted octanol–water partition coefficient (Wildman–Crippen LogP) is 4.27. The summed E-state index contributed by atoms with van der Waals surface area (Å²) in [6.07, 6.45) is -4.95. The molecule has 1 aliphatic rings. The summed E-state index contributed by atoms with van der Waals surface area (Å²) in [6, 6.07) is 16.9. The molecule has 2 heterocycles. The van der Waals surface area contributed by atoms with Crippen molar-refractivity contribution in [1.29, 1.82) is 0 Å². The molecule has 1 fully saturated rings. The molecule has 45 heavy (non-hydrogen) atoms. The van der Waals surface area contributed by atoms with E-state index in [0.29, 0.717) is 11.4 Å². The largest absolute Gasteiger partial charge is 0.490 e. The predicted molar refractivity (Wildman–Crippen MR) is 158 cm³/mol. The van der Waals surface area contributed by atoms with E-state index in [1.807, 2.05) is 43.7 Å². The number of rotatable bonds is 7.